The molecule has 12 heteroatoms. The first-order valence-electron chi connectivity index (χ1n) is 7.47. The van der Waals surface area contributed by atoms with Crippen LogP contribution in [0.2, 0.25) is 0 Å². The summed E-state index contributed by atoms with van der Waals surface area (Å²) in [6.45, 7) is 0. The normalized spacial score (nSPS) is 10.8. The number of nitrogens with one attached hydrogen (secondary N) is 1. The molecule has 2 aromatic carbocycles. The second kappa shape index (κ2) is 7.92. The van der Waals surface area contributed by atoms with Crippen molar-refractivity contribution in [1.29, 1.82) is 0 Å². The van der Waals surface area contributed by atoms with Crippen molar-refractivity contribution in [3.63, 3.8) is 0 Å². The van der Waals surface area contributed by atoms with Gasteiger partial charge in [-0.25, -0.2) is 18.0 Å². The number of ether oxygens (including phenoxy) is 2. The molecule has 0 saturated heterocycles. The van der Waals surface area contributed by atoms with E-state index in [2.05, 4.69) is 14.2 Å². The van der Waals surface area contributed by atoms with Gasteiger partial charge in [0.15, 0.2) is 0 Å². The zero-order valence-corrected chi connectivity index (χ0v) is 15.5. The highest BCUT2D eigenvalue weighted by molar-refractivity contribution is 7.92. The topological polar surface area (TPSA) is 168 Å². The largest absolute Gasteiger partial charge is 0.465 e. The number of nitrogens with two attached hydrogens (primary N) is 1. The molecule has 11 nitrogen and oxygen atoms in total. The molecule has 0 unspecified atom stereocenters. The predicted molar refractivity (Wildman–Crippen MR) is 97.4 cm³/mol. The number of nitrogens with zero attached hydrogens (tertiary/aromatic N) is 1. The Hall–Kier alpha value is -3.67. The van der Waals surface area contributed by atoms with Gasteiger partial charge >= 0.3 is 11.9 Å². The number of carbonyl (C=O) groups excluding carboxylic acids is 2. The number of anilines is 2. The molecule has 0 aliphatic heterocycles. The SMILES string of the molecule is COC(=O)c1cc(NS(=O)(=O)c2ccc(N)c([N+](=O)[O-])c2)cc(C(=O)OC)c1. The molecular formula is C16H15N3O8S. The lowest BCUT2D eigenvalue weighted by atomic mass is 10.1. The molecule has 0 fully saturated rings. The summed E-state index contributed by atoms with van der Waals surface area (Å²) in [5, 5.41) is 11.0. The molecule has 0 spiro atoms. The molecule has 148 valence electrons. The highest BCUT2D eigenvalue weighted by Crippen LogP contribution is 2.27. The van der Waals surface area contributed by atoms with E-state index in [1.165, 1.54) is 6.07 Å². The van der Waals surface area contributed by atoms with Crippen molar-refractivity contribution in [3.8, 4) is 0 Å². The molecule has 0 radical (unpaired) electrons. The molecular weight excluding hydrogens is 394 g/mol. The van der Waals surface area contributed by atoms with Crippen molar-refractivity contribution in [3.05, 3.63) is 57.6 Å². The van der Waals surface area contributed by atoms with E-state index >= 15 is 0 Å². The summed E-state index contributed by atoms with van der Waals surface area (Å²) in [5.74, 6) is -1.62. The Labute approximate surface area is 159 Å². The summed E-state index contributed by atoms with van der Waals surface area (Å²) >= 11 is 0. The number of benzene rings is 2. The molecule has 0 atom stereocenters. The maximum absolute atomic E-state index is 12.6. The van der Waals surface area contributed by atoms with Crippen molar-refractivity contribution < 1.29 is 32.4 Å². The van der Waals surface area contributed by atoms with Crippen molar-refractivity contribution in [2.24, 2.45) is 0 Å². The summed E-state index contributed by atoms with van der Waals surface area (Å²) < 4.78 is 36.5. The zero-order chi connectivity index (χ0) is 21.1. The van der Waals surface area contributed by atoms with Gasteiger partial charge in [0.25, 0.3) is 15.7 Å². The van der Waals surface area contributed by atoms with Crippen LogP contribution in [0.25, 0.3) is 0 Å². The van der Waals surface area contributed by atoms with Gasteiger partial charge in [-0.3, -0.25) is 14.8 Å². The van der Waals surface area contributed by atoms with Crippen LogP contribution < -0.4 is 10.5 Å². The number of carbonyl (C=O) groups is 2. The van der Waals surface area contributed by atoms with Gasteiger partial charge in [0.2, 0.25) is 0 Å². The molecule has 0 bridgehead atoms. The van der Waals surface area contributed by atoms with E-state index in [9.17, 15) is 28.1 Å². The first-order valence-corrected chi connectivity index (χ1v) is 8.96. The number of rotatable bonds is 6. The Morgan fingerprint density at radius 1 is 1.04 bits per heavy atom. The molecule has 2 aromatic rings. The second-order valence-corrected chi connectivity index (χ2v) is 7.05. The summed E-state index contributed by atoms with van der Waals surface area (Å²) in [7, 11) is -2.07. The van der Waals surface area contributed by atoms with E-state index in [0.717, 1.165) is 44.6 Å². The summed E-state index contributed by atoms with van der Waals surface area (Å²) in [6, 6.07) is 6.41. The number of hydrogen-bond donors (Lipinski definition) is 2. The van der Waals surface area contributed by atoms with Crippen LogP contribution in [0.15, 0.2) is 41.3 Å². The van der Waals surface area contributed by atoms with E-state index in [-0.39, 0.29) is 22.5 Å². The smallest absolute Gasteiger partial charge is 0.337 e. The fraction of sp³-hybridized carbons (Fsp3) is 0.125. The quantitative estimate of drug-likeness (QED) is 0.311. The minimum Gasteiger partial charge on any atom is -0.465 e. The predicted octanol–water partition coefficient (Wildman–Crippen LogP) is 1.55. The summed E-state index contributed by atoms with van der Waals surface area (Å²) in [6.07, 6.45) is 0. The average Bonchev–Trinajstić information content (AvgIpc) is 2.65. The molecule has 3 N–H and O–H groups in total. The Morgan fingerprint density at radius 3 is 2.04 bits per heavy atom. The van der Waals surface area contributed by atoms with Gasteiger partial charge < -0.3 is 15.2 Å². The van der Waals surface area contributed by atoms with E-state index in [1.807, 2.05) is 0 Å². The van der Waals surface area contributed by atoms with E-state index < -0.39 is 37.5 Å². The Balaban J connectivity index is 2.51. The van der Waals surface area contributed by atoms with Gasteiger partial charge in [-0.05, 0) is 30.3 Å². The lowest BCUT2D eigenvalue weighted by Gasteiger charge is -2.11. The van der Waals surface area contributed by atoms with Crippen LogP contribution >= 0.6 is 0 Å². The molecule has 0 aliphatic carbocycles. The van der Waals surface area contributed by atoms with Crippen molar-refractivity contribution >= 4 is 39.0 Å². The second-order valence-electron chi connectivity index (χ2n) is 5.37. The number of nitro groups is 1. The fourth-order valence-corrected chi connectivity index (χ4v) is 3.28. The minimum atomic E-state index is -4.30. The van der Waals surface area contributed by atoms with E-state index in [1.54, 1.807) is 0 Å². The van der Waals surface area contributed by atoms with Crippen LogP contribution in [0.4, 0.5) is 17.1 Å². The third kappa shape index (κ3) is 4.35. The van der Waals surface area contributed by atoms with Gasteiger partial charge in [0.05, 0.1) is 40.9 Å². The average molecular weight is 409 g/mol. The number of esters is 2. The maximum Gasteiger partial charge on any atom is 0.337 e. The van der Waals surface area contributed by atoms with Gasteiger partial charge in [0, 0.05) is 6.07 Å². The monoisotopic (exact) mass is 409 g/mol. The van der Waals surface area contributed by atoms with Gasteiger partial charge in [-0.1, -0.05) is 0 Å². The molecule has 0 aliphatic rings. The minimum absolute atomic E-state index is 0.105. The summed E-state index contributed by atoms with van der Waals surface area (Å²) in [5.41, 5.74) is 4.32. The van der Waals surface area contributed by atoms with Crippen LogP contribution in [-0.2, 0) is 19.5 Å². The van der Waals surface area contributed by atoms with Crippen molar-refractivity contribution in [1.82, 2.24) is 0 Å². The number of nitro benzene ring substituents is 1. The molecule has 0 amide bonds. The van der Waals surface area contributed by atoms with E-state index in [4.69, 9.17) is 5.73 Å². The third-order valence-electron chi connectivity index (χ3n) is 3.54. The maximum atomic E-state index is 12.6. The van der Waals surface area contributed by atoms with Gasteiger partial charge in [0.1, 0.15) is 5.69 Å². The highest BCUT2D eigenvalue weighted by atomic mass is 32.2. The fourth-order valence-electron chi connectivity index (χ4n) is 2.22. The first-order chi connectivity index (χ1) is 13.1. The first kappa shape index (κ1) is 20.6. The van der Waals surface area contributed by atoms with Gasteiger partial charge in [-0.15, -0.1) is 0 Å². The van der Waals surface area contributed by atoms with Crippen LogP contribution in [0.5, 0.6) is 0 Å². The Kier molecular flexibility index (Phi) is 5.84. The molecule has 0 heterocycles. The number of sulfonamides is 1. The number of methoxy groups -OCH3 is 2. The Morgan fingerprint density at radius 2 is 1.57 bits per heavy atom. The lowest BCUT2D eigenvalue weighted by Crippen LogP contribution is -2.15. The highest BCUT2D eigenvalue weighted by Gasteiger charge is 2.22. The zero-order valence-electron chi connectivity index (χ0n) is 14.7. The molecule has 2 rings (SSSR count). The van der Waals surface area contributed by atoms with E-state index in [0.29, 0.717) is 0 Å². The molecule has 0 aromatic heterocycles. The van der Waals surface area contributed by atoms with Crippen LogP contribution in [0, 0.1) is 10.1 Å². The lowest BCUT2D eigenvalue weighted by molar-refractivity contribution is -0.384. The summed E-state index contributed by atoms with van der Waals surface area (Å²) in [4.78, 5) is 33.3. The molecule has 28 heavy (non-hydrogen) atoms. The van der Waals surface area contributed by atoms with Crippen molar-refractivity contribution in [2.75, 3.05) is 24.7 Å². The van der Waals surface area contributed by atoms with Crippen molar-refractivity contribution in [2.45, 2.75) is 4.90 Å². The standard InChI is InChI=1S/C16H15N3O8S/c1-26-15(20)9-5-10(16(21)27-2)7-11(6-9)18-28(24,25)12-3-4-13(17)14(8-12)19(22)23/h3-8,18H,17H2,1-2H3. The van der Waals surface area contributed by atoms with Crippen LogP contribution in [0.3, 0.4) is 0 Å². The molecule has 0 saturated carbocycles. The third-order valence-corrected chi connectivity index (χ3v) is 4.92. The number of nitrogen functional groups attached to an aromatic ring is 1. The van der Waals surface area contributed by atoms with Gasteiger partial charge in [-0.2, -0.15) is 0 Å². The van der Waals surface area contributed by atoms with Crippen LogP contribution in [-0.4, -0.2) is 39.5 Å². The van der Waals surface area contributed by atoms with Crippen LogP contribution in [0.1, 0.15) is 20.7 Å². The number of hydrogen-bond acceptors (Lipinski definition) is 9. The Bertz CT molecular complexity index is 1030.